The van der Waals surface area contributed by atoms with E-state index in [-0.39, 0.29) is 23.3 Å². The zero-order chi connectivity index (χ0) is 22.8. The van der Waals surface area contributed by atoms with Crippen LogP contribution < -0.4 is 15.1 Å². The Hall–Kier alpha value is -2.82. The number of carbonyl (C=O) groups excluding carboxylic acids is 2. The fraction of sp³-hybridized carbons (Fsp3) is 0.348. The summed E-state index contributed by atoms with van der Waals surface area (Å²) in [4.78, 5) is 28.4. The SMILES string of the molecule is N#Cc1cc(F)ccc1N1CCC(C(=O)Nc2cc(Cl)c(N3CCCC3=O)c(Cl)c2)CC1. The van der Waals surface area contributed by atoms with Crippen LogP contribution in [0.25, 0.3) is 0 Å². The average Bonchev–Trinajstić information content (AvgIpc) is 3.18. The van der Waals surface area contributed by atoms with E-state index >= 15 is 0 Å². The molecule has 0 spiro atoms. The zero-order valence-corrected chi connectivity index (χ0v) is 18.7. The van der Waals surface area contributed by atoms with E-state index in [1.165, 1.54) is 12.1 Å². The predicted molar refractivity (Wildman–Crippen MR) is 123 cm³/mol. The lowest BCUT2D eigenvalue weighted by Crippen LogP contribution is -2.38. The summed E-state index contributed by atoms with van der Waals surface area (Å²) in [6.07, 6.45) is 2.42. The Morgan fingerprint density at radius 3 is 2.41 bits per heavy atom. The molecule has 2 aromatic carbocycles. The van der Waals surface area contributed by atoms with Crippen LogP contribution in [-0.4, -0.2) is 31.4 Å². The standard InChI is InChI=1S/C23H21Cl2FN4O2/c24-18-11-17(12-19(25)22(18)30-7-1-2-21(30)31)28-23(32)14-5-8-29(9-6-14)20-4-3-16(26)10-15(20)13-27/h3-4,10-12,14H,1-2,5-9H2,(H,28,32). The van der Waals surface area contributed by atoms with Gasteiger partial charge in [-0.05, 0) is 49.6 Å². The lowest BCUT2D eigenvalue weighted by atomic mass is 9.95. The molecule has 9 heteroatoms. The van der Waals surface area contributed by atoms with E-state index in [4.69, 9.17) is 23.2 Å². The molecule has 2 saturated heterocycles. The van der Waals surface area contributed by atoms with E-state index in [9.17, 15) is 19.2 Å². The lowest BCUT2D eigenvalue weighted by molar-refractivity contribution is -0.120. The number of carbonyl (C=O) groups is 2. The van der Waals surface area contributed by atoms with Gasteiger partial charge in [-0.15, -0.1) is 0 Å². The van der Waals surface area contributed by atoms with Gasteiger partial charge in [0.2, 0.25) is 11.8 Å². The van der Waals surface area contributed by atoms with Gasteiger partial charge in [-0.1, -0.05) is 23.2 Å². The lowest BCUT2D eigenvalue weighted by Gasteiger charge is -2.33. The highest BCUT2D eigenvalue weighted by Crippen LogP contribution is 2.39. The molecule has 2 heterocycles. The van der Waals surface area contributed by atoms with Crippen molar-refractivity contribution in [1.29, 1.82) is 5.26 Å². The molecule has 2 amide bonds. The summed E-state index contributed by atoms with van der Waals surface area (Å²) in [7, 11) is 0. The highest BCUT2D eigenvalue weighted by molar-refractivity contribution is 6.40. The van der Waals surface area contributed by atoms with E-state index in [1.54, 1.807) is 23.1 Å². The van der Waals surface area contributed by atoms with Crippen molar-refractivity contribution in [3.8, 4) is 6.07 Å². The minimum Gasteiger partial charge on any atom is -0.370 e. The molecule has 32 heavy (non-hydrogen) atoms. The van der Waals surface area contributed by atoms with Crippen LogP contribution in [0, 0.1) is 23.1 Å². The molecule has 0 aromatic heterocycles. The maximum Gasteiger partial charge on any atom is 0.227 e. The van der Waals surface area contributed by atoms with Crippen molar-refractivity contribution in [2.75, 3.05) is 34.8 Å². The number of piperidine rings is 1. The smallest absolute Gasteiger partial charge is 0.227 e. The molecule has 2 aliphatic heterocycles. The van der Waals surface area contributed by atoms with Gasteiger partial charge in [0, 0.05) is 37.7 Å². The normalized spacial score (nSPS) is 16.9. The van der Waals surface area contributed by atoms with Crippen molar-refractivity contribution < 1.29 is 14.0 Å². The number of amides is 2. The summed E-state index contributed by atoms with van der Waals surface area (Å²) in [5.41, 5.74) is 1.93. The van der Waals surface area contributed by atoms with Crippen LogP contribution in [0.15, 0.2) is 30.3 Å². The first-order valence-electron chi connectivity index (χ1n) is 10.4. The Morgan fingerprint density at radius 1 is 1.12 bits per heavy atom. The summed E-state index contributed by atoms with van der Waals surface area (Å²) < 4.78 is 13.4. The van der Waals surface area contributed by atoms with Crippen molar-refractivity contribution in [3.05, 3.63) is 51.8 Å². The second-order valence-corrected chi connectivity index (χ2v) is 8.78. The Labute approximate surface area is 195 Å². The van der Waals surface area contributed by atoms with Crippen LogP contribution in [-0.2, 0) is 9.59 Å². The van der Waals surface area contributed by atoms with Crippen LogP contribution in [0.1, 0.15) is 31.2 Å². The first kappa shape index (κ1) is 22.4. The van der Waals surface area contributed by atoms with Gasteiger partial charge in [-0.25, -0.2) is 4.39 Å². The van der Waals surface area contributed by atoms with Crippen molar-refractivity contribution in [2.24, 2.45) is 5.92 Å². The number of hydrogen-bond acceptors (Lipinski definition) is 4. The first-order valence-corrected chi connectivity index (χ1v) is 11.2. The Morgan fingerprint density at radius 2 is 1.81 bits per heavy atom. The summed E-state index contributed by atoms with van der Waals surface area (Å²) >= 11 is 12.8. The second-order valence-electron chi connectivity index (χ2n) is 7.96. The van der Waals surface area contributed by atoms with Gasteiger partial charge >= 0.3 is 0 Å². The number of nitrogens with one attached hydrogen (secondary N) is 1. The number of rotatable bonds is 4. The topological polar surface area (TPSA) is 76.4 Å². The minimum atomic E-state index is -0.447. The van der Waals surface area contributed by atoms with E-state index in [0.717, 1.165) is 6.42 Å². The van der Waals surface area contributed by atoms with Gasteiger partial charge in [-0.3, -0.25) is 9.59 Å². The van der Waals surface area contributed by atoms with Gasteiger partial charge in [0.1, 0.15) is 11.9 Å². The van der Waals surface area contributed by atoms with Crippen LogP contribution in [0.3, 0.4) is 0 Å². The van der Waals surface area contributed by atoms with Crippen LogP contribution in [0.4, 0.5) is 21.5 Å². The zero-order valence-electron chi connectivity index (χ0n) is 17.2. The van der Waals surface area contributed by atoms with Crippen LogP contribution in [0.2, 0.25) is 10.0 Å². The maximum absolute atomic E-state index is 13.4. The average molecular weight is 475 g/mol. The Balaban J connectivity index is 1.40. The molecule has 6 nitrogen and oxygen atoms in total. The largest absolute Gasteiger partial charge is 0.370 e. The molecule has 4 rings (SSSR count). The van der Waals surface area contributed by atoms with Crippen molar-refractivity contribution in [2.45, 2.75) is 25.7 Å². The van der Waals surface area contributed by atoms with Gasteiger partial charge in [0.25, 0.3) is 0 Å². The van der Waals surface area contributed by atoms with Gasteiger partial charge in [0.15, 0.2) is 0 Å². The van der Waals surface area contributed by atoms with Crippen molar-refractivity contribution in [3.63, 3.8) is 0 Å². The van der Waals surface area contributed by atoms with E-state index in [0.29, 0.717) is 66.0 Å². The van der Waals surface area contributed by atoms with Gasteiger partial charge < -0.3 is 15.1 Å². The molecule has 166 valence electrons. The molecule has 0 saturated carbocycles. The van der Waals surface area contributed by atoms with Crippen molar-refractivity contribution >= 4 is 52.1 Å². The third-order valence-electron chi connectivity index (χ3n) is 5.91. The summed E-state index contributed by atoms with van der Waals surface area (Å²) in [5, 5.41) is 12.8. The molecule has 2 fully saturated rings. The minimum absolute atomic E-state index is 0.0157. The van der Waals surface area contributed by atoms with Crippen molar-refractivity contribution in [1.82, 2.24) is 0 Å². The molecule has 0 unspecified atom stereocenters. The predicted octanol–water partition coefficient (Wildman–Crippen LogP) is 4.99. The summed E-state index contributed by atoms with van der Waals surface area (Å²) in [5.74, 6) is -0.814. The number of hydrogen-bond donors (Lipinski definition) is 1. The quantitative estimate of drug-likeness (QED) is 0.677. The third-order valence-corrected chi connectivity index (χ3v) is 6.49. The molecule has 0 atom stereocenters. The van der Waals surface area contributed by atoms with E-state index in [2.05, 4.69) is 5.32 Å². The van der Waals surface area contributed by atoms with Crippen LogP contribution in [0.5, 0.6) is 0 Å². The fourth-order valence-electron chi connectivity index (χ4n) is 4.28. The first-order chi connectivity index (χ1) is 15.4. The molecule has 1 N–H and O–H groups in total. The Bertz CT molecular complexity index is 1090. The Kier molecular flexibility index (Phi) is 6.54. The molecular weight excluding hydrogens is 454 g/mol. The number of anilines is 3. The molecule has 2 aliphatic rings. The fourth-order valence-corrected chi connectivity index (χ4v) is 4.97. The van der Waals surface area contributed by atoms with E-state index in [1.807, 2.05) is 11.0 Å². The van der Waals surface area contributed by atoms with Crippen LogP contribution >= 0.6 is 23.2 Å². The molecule has 0 bridgehead atoms. The second kappa shape index (κ2) is 9.35. The number of nitrogens with zero attached hydrogens (tertiary/aromatic N) is 3. The van der Waals surface area contributed by atoms with E-state index < -0.39 is 5.82 Å². The highest BCUT2D eigenvalue weighted by Gasteiger charge is 2.28. The monoisotopic (exact) mass is 474 g/mol. The maximum atomic E-state index is 13.4. The molecular formula is C23H21Cl2FN4O2. The van der Waals surface area contributed by atoms with Gasteiger partial charge in [-0.2, -0.15) is 5.26 Å². The number of nitriles is 1. The molecule has 0 radical (unpaired) electrons. The summed E-state index contributed by atoms with van der Waals surface area (Å²) in [6, 6.07) is 9.41. The molecule has 2 aromatic rings. The number of halogens is 3. The summed E-state index contributed by atoms with van der Waals surface area (Å²) in [6.45, 7) is 1.73. The number of benzene rings is 2. The highest BCUT2D eigenvalue weighted by atomic mass is 35.5. The third kappa shape index (κ3) is 4.52. The molecule has 0 aliphatic carbocycles. The van der Waals surface area contributed by atoms with Gasteiger partial charge in [0.05, 0.1) is 27.0 Å².